The fourth-order valence-corrected chi connectivity index (χ4v) is 2.27. The molecule has 0 bridgehead atoms. The molecule has 90 valence electrons. The highest BCUT2D eigenvalue weighted by molar-refractivity contribution is 7.09. The first kappa shape index (κ1) is 12.1. The van der Waals surface area contributed by atoms with Gasteiger partial charge in [0.05, 0.1) is 23.9 Å². The van der Waals surface area contributed by atoms with E-state index in [0.717, 1.165) is 28.4 Å². The Morgan fingerprint density at radius 1 is 1.35 bits per heavy atom. The van der Waals surface area contributed by atoms with Gasteiger partial charge in [-0.3, -0.25) is 0 Å². The minimum absolute atomic E-state index is 0.00908. The summed E-state index contributed by atoms with van der Waals surface area (Å²) < 4.78 is 5.69. The van der Waals surface area contributed by atoms with Crippen LogP contribution in [0.4, 0.5) is 0 Å². The Morgan fingerprint density at radius 3 is 2.88 bits per heavy atom. The Morgan fingerprint density at radius 2 is 2.18 bits per heavy atom. The van der Waals surface area contributed by atoms with Crippen molar-refractivity contribution in [2.45, 2.75) is 20.0 Å². The number of benzene rings is 1. The van der Waals surface area contributed by atoms with Gasteiger partial charge in [0, 0.05) is 11.8 Å². The molecule has 1 heterocycles. The first-order valence-corrected chi connectivity index (χ1v) is 6.40. The lowest BCUT2D eigenvalue weighted by molar-refractivity contribution is 0.277. The zero-order valence-electron chi connectivity index (χ0n) is 9.72. The Hall–Kier alpha value is -1.39. The summed E-state index contributed by atoms with van der Waals surface area (Å²) in [5.41, 5.74) is 1.88. The number of ether oxygens (including phenoxy) is 1. The molecule has 0 aliphatic carbocycles. The number of hydrogen-bond donors (Lipinski definition) is 1. The minimum atomic E-state index is 0.00908. The van der Waals surface area contributed by atoms with Crippen molar-refractivity contribution in [1.29, 1.82) is 0 Å². The van der Waals surface area contributed by atoms with E-state index >= 15 is 0 Å². The highest BCUT2D eigenvalue weighted by atomic mass is 32.1. The minimum Gasteiger partial charge on any atom is -0.493 e. The zero-order chi connectivity index (χ0) is 12.1. The van der Waals surface area contributed by atoms with Crippen LogP contribution in [0.5, 0.6) is 5.75 Å². The van der Waals surface area contributed by atoms with Gasteiger partial charge in [0.2, 0.25) is 0 Å². The number of aliphatic hydroxyl groups is 1. The maximum atomic E-state index is 8.90. The molecule has 4 heteroatoms. The van der Waals surface area contributed by atoms with Gasteiger partial charge in [-0.25, -0.2) is 4.98 Å². The van der Waals surface area contributed by atoms with Crippen LogP contribution < -0.4 is 4.74 Å². The van der Waals surface area contributed by atoms with E-state index < -0.39 is 0 Å². The molecule has 2 rings (SSSR count). The van der Waals surface area contributed by atoms with Crippen LogP contribution in [0.25, 0.3) is 0 Å². The third kappa shape index (κ3) is 3.28. The van der Waals surface area contributed by atoms with Gasteiger partial charge < -0.3 is 9.84 Å². The molecule has 0 spiro atoms. The first-order chi connectivity index (χ1) is 8.29. The first-order valence-electron chi connectivity index (χ1n) is 5.52. The molecule has 0 unspecified atom stereocenters. The van der Waals surface area contributed by atoms with E-state index in [9.17, 15) is 0 Å². The van der Waals surface area contributed by atoms with Gasteiger partial charge in [0.1, 0.15) is 5.75 Å². The Balaban J connectivity index is 1.85. The fourth-order valence-electron chi connectivity index (χ4n) is 1.50. The maximum Gasteiger partial charge on any atom is 0.122 e. The molecule has 0 saturated carbocycles. The normalized spacial score (nSPS) is 10.5. The SMILES string of the molecule is Cc1ccccc1OCCc1nc(CO)cs1. The quantitative estimate of drug-likeness (QED) is 0.885. The fraction of sp³-hybridized carbons (Fsp3) is 0.308. The van der Waals surface area contributed by atoms with Gasteiger partial charge in [-0.2, -0.15) is 0 Å². The third-order valence-electron chi connectivity index (χ3n) is 2.43. The second-order valence-corrected chi connectivity index (χ2v) is 4.70. The molecule has 0 fully saturated rings. The summed E-state index contributed by atoms with van der Waals surface area (Å²) >= 11 is 1.56. The molecular formula is C13H15NO2S. The van der Waals surface area contributed by atoms with Crippen molar-refractivity contribution < 1.29 is 9.84 Å². The smallest absolute Gasteiger partial charge is 0.122 e. The molecule has 0 aliphatic rings. The average Bonchev–Trinajstić information content (AvgIpc) is 2.80. The Labute approximate surface area is 105 Å². The molecule has 2 aromatic rings. The predicted molar refractivity (Wildman–Crippen MR) is 68.4 cm³/mol. The number of para-hydroxylation sites is 1. The van der Waals surface area contributed by atoms with Crippen molar-refractivity contribution in [2.75, 3.05) is 6.61 Å². The standard InChI is InChI=1S/C13H15NO2S/c1-10-4-2-3-5-12(10)16-7-6-13-14-11(8-15)9-17-13/h2-5,9,15H,6-8H2,1H3. The molecule has 0 amide bonds. The van der Waals surface area contributed by atoms with Gasteiger partial charge in [0.25, 0.3) is 0 Å². The highest BCUT2D eigenvalue weighted by Gasteiger charge is 2.02. The molecule has 17 heavy (non-hydrogen) atoms. The number of aryl methyl sites for hydroxylation is 1. The number of nitrogens with zero attached hydrogens (tertiary/aromatic N) is 1. The van der Waals surface area contributed by atoms with Crippen LogP contribution in [0.2, 0.25) is 0 Å². The third-order valence-corrected chi connectivity index (χ3v) is 3.39. The van der Waals surface area contributed by atoms with Crippen molar-refractivity contribution >= 4 is 11.3 Å². The molecule has 1 aromatic heterocycles. The van der Waals surface area contributed by atoms with E-state index in [1.165, 1.54) is 0 Å². The van der Waals surface area contributed by atoms with Crippen molar-refractivity contribution in [3.63, 3.8) is 0 Å². The lowest BCUT2D eigenvalue weighted by Crippen LogP contribution is -2.02. The highest BCUT2D eigenvalue weighted by Crippen LogP contribution is 2.17. The topological polar surface area (TPSA) is 42.4 Å². The summed E-state index contributed by atoms with van der Waals surface area (Å²) in [6.07, 6.45) is 0.777. The van der Waals surface area contributed by atoms with E-state index in [4.69, 9.17) is 9.84 Å². The Kier molecular flexibility index (Phi) is 4.12. The zero-order valence-corrected chi connectivity index (χ0v) is 10.5. The number of hydrogen-bond acceptors (Lipinski definition) is 4. The number of aliphatic hydroxyl groups excluding tert-OH is 1. The average molecular weight is 249 g/mol. The molecule has 1 aromatic carbocycles. The van der Waals surface area contributed by atoms with Crippen LogP contribution in [0.15, 0.2) is 29.6 Å². The van der Waals surface area contributed by atoms with Gasteiger partial charge in [-0.1, -0.05) is 18.2 Å². The summed E-state index contributed by atoms with van der Waals surface area (Å²) in [4.78, 5) is 4.27. The largest absolute Gasteiger partial charge is 0.493 e. The number of thiazole rings is 1. The summed E-state index contributed by atoms with van der Waals surface area (Å²) in [5, 5.41) is 11.8. The predicted octanol–water partition coefficient (Wildman–Crippen LogP) is 2.57. The van der Waals surface area contributed by atoms with Crippen LogP contribution in [0, 0.1) is 6.92 Å². The monoisotopic (exact) mass is 249 g/mol. The number of aromatic nitrogens is 1. The summed E-state index contributed by atoms with van der Waals surface area (Å²) in [5.74, 6) is 0.923. The summed E-state index contributed by atoms with van der Waals surface area (Å²) in [7, 11) is 0. The van der Waals surface area contributed by atoms with Gasteiger partial charge >= 0.3 is 0 Å². The molecular weight excluding hydrogens is 234 g/mol. The molecule has 0 saturated heterocycles. The molecule has 0 radical (unpaired) electrons. The van der Waals surface area contributed by atoms with E-state index in [2.05, 4.69) is 4.98 Å². The van der Waals surface area contributed by atoms with Crippen molar-refractivity contribution in [2.24, 2.45) is 0 Å². The molecule has 0 aliphatic heterocycles. The summed E-state index contributed by atoms with van der Waals surface area (Å²) in [6.45, 7) is 2.65. The van der Waals surface area contributed by atoms with E-state index in [-0.39, 0.29) is 6.61 Å². The molecule has 0 atom stereocenters. The van der Waals surface area contributed by atoms with Crippen molar-refractivity contribution in [3.05, 3.63) is 45.9 Å². The van der Waals surface area contributed by atoms with E-state index in [0.29, 0.717) is 6.61 Å². The Bertz CT molecular complexity index is 482. The molecule has 3 nitrogen and oxygen atoms in total. The van der Waals surface area contributed by atoms with Gasteiger partial charge in [-0.15, -0.1) is 11.3 Å². The maximum absolute atomic E-state index is 8.90. The molecule has 1 N–H and O–H groups in total. The van der Waals surface area contributed by atoms with Crippen molar-refractivity contribution in [3.8, 4) is 5.75 Å². The van der Waals surface area contributed by atoms with E-state index in [1.807, 2.05) is 36.6 Å². The van der Waals surface area contributed by atoms with Crippen LogP contribution in [0.1, 0.15) is 16.3 Å². The van der Waals surface area contributed by atoms with E-state index in [1.54, 1.807) is 11.3 Å². The second kappa shape index (κ2) is 5.80. The summed E-state index contributed by atoms with van der Waals surface area (Å²) in [6, 6.07) is 7.96. The van der Waals surface area contributed by atoms with Gasteiger partial charge in [-0.05, 0) is 18.6 Å². The second-order valence-electron chi connectivity index (χ2n) is 3.75. The van der Waals surface area contributed by atoms with Gasteiger partial charge in [0.15, 0.2) is 0 Å². The number of rotatable bonds is 5. The van der Waals surface area contributed by atoms with Crippen LogP contribution >= 0.6 is 11.3 Å². The van der Waals surface area contributed by atoms with Crippen molar-refractivity contribution in [1.82, 2.24) is 4.98 Å². The van der Waals surface area contributed by atoms with Crippen LogP contribution in [-0.2, 0) is 13.0 Å². The lowest BCUT2D eigenvalue weighted by Gasteiger charge is -2.07. The lowest BCUT2D eigenvalue weighted by atomic mass is 10.2. The van der Waals surface area contributed by atoms with Crippen LogP contribution in [0.3, 0.4) is 0 Å². The van der Waals surface area contributed by atoms with Crippen LogP contribution in [-0.4, -0.2) is 16.7 Å².